The Labute approximate surface area is 129 Å². The van der Waals surface area contributed by atoms with Crippen LogP contribution in [0.5, 0.6) is 0 Å². The Bertz CT molecular complexity index is 629. The fourth-order valence-electron chi connectivity index (χ4n) is 3.36. The van der Waals surface area contributed by atoms with Crippen LogP contribution in [0.15, 0.2) is 36.8 Å². The predicted molar refractivity (Wildman–Crippen MR) is 80.5 cm³/mol. The molecule has 1 fully saturated rings. The number of primary amides is 1. The Morgan fingerprint density at radius 2 is 2.32 bits per heavy atom. The Kier molecular flexibility index (Phi) is 3.89. The van der Waals surface area contributed by atoms with Crippen LogP contribution in [0.3, 0.4) is 0 Å². The number of hydrogen-bond donors (Lipinski definition) is 1. The molecule has 22 heavy (non-hydrogen) atoms. The van der Waals surface area contributed by atoms with Crippen molar-refractivity contribution in [1.29, 1.82) is 0 Å². The molecule has 0 radical (unpaired) electrons. The third-order valence-corrected chi connectivity index (χ3v) is 4.46. The van der Waals surface area contributed by atoms with E-state index in [0.717, 1.165) is 25.2 Å². The highest BCUT2D eigenvalue weighted by Gasteiger charge is 2.47. The average molecular weight is 300 g/mol. The summed E-state index contributed by atoms with van der Waals surface area (Å²) in [7, 11) is 0. The molecule has 7 heteroatoms. The molecular formula is C15H20N6O. The molecular weight excluding hydrogens is 280 g/mol. The van der Waals surface area contributed by atoms with Crippen molar-refractivity contribution in [2.75, 3.05) is 13.1 Å². The summed E-state index contributed by atoms with van der Waals surface area (Å²) < 4.78 is 1.80. The van der Waals surface area contributed by atoms with Gasteiger partial charge in [-0.05, 0) is 25.1 Å². The van der Waals surface area contributed by atoms with Gasteiger partial charge in [-0.1, -0.05) is 18.2 Å². The number of carbonyl (C=O) groups is 1. The number of nitrogens with two attached hydrogens (primary N) is 1. The molecule has 2 unspecified atom stereocenters. The molecule has 1 amide bonds. The van der Waals surface area contributed by atoms with Gasteiger partial charge in [-0.3, -0.25) is 14.7 Å². The maximum atomic E-state index is 11.8. The van der Waals surface area contributed by atoms with Gasteiger partial charge in [0.1, 0.15) is 0 Å². The van der Waals surface area contributed by atoms with E-state index in [2.05, 4.69) is 27.1 Å². The smallest absolute Gasteiger partial charge is 0.220 e. The van der Waals surface area contributed by atoms with Crippen molar-refractivity contribution in [3.8, 4) is 0 Å². The van der Waals surface area contributed by atoms with Gasteiger partial charge in [0.2, 0.25) is 5.91 Å². The quantitative estimate of drug-likeness (QED) is 0.892. The SMILES string of the molecule is CCN1CCC(C(N)=O)CC1(c1ccccn1)n1ccnn1. The van der Waals surface area contributed by atoms with Crippen molar-refractivity contribution in [1.82, 2.24) is 24.9 Å². The Morgan fingerprint density at radius 1 is 1.45 bits per heavy atom. The molecule has 0 aromatic carbocycles. The number of hydrogen-bond acceptors (Lipinski definition) is 5. The molecule has 1 aliphatic heterocycles. The largest absolute Gasteiger partial charge is 0.369 e. The van der Waals surface area contributed by atoms with Crippen molar-refractivity contribution in [3.63, 3.8) is 0 Å². The van der Waals surface area contributed by atoms with E-state index in [1.807, 2.05) is 24.4 Å². The zero-order valence-electron chi connectivity index (χ0n) is 12.6. The predicted octanol–water partition coefficient (Wildman–Crippen LogP) is 0.591. The Hall–Kier alpha value is -2.28. The highest BCUT2D eigenvalue weighted by atomic mass is 16.1. The molecule has 2 aromatic rings. The minimum absolute atomic E-state index is 0.200. The lowest BCUT2D eigenvalue weighted by Crippen LogP contribution is -2.58. The summed E-state index contributed by atoms with van der Waals surface area (Å²) in [6.07, 6.45) is 6.53. The van der Waals surface area contributed by atoms with Gasteiger partial charge in [0.25, 0.3) is 0 Å². The van der Waals surface area contributed by atoms with Crippen LogP contribution >= 0.6 is 0 Å². The number of rotatable bonds is 4. The van der Waals surface area contributed by atoms with Crippen LogP contribution < -0.4 is 5.73 Å². The van der Waals surface area contributed by atoms with Gasteiger partial charge in [0, 0.05) is 31.3 Å². The summed E-state index contributed by atoms with van der Waals surface area (Å²) in [5.41, 5.74) is 5.82. The summed E-state index contributed by atoms with van der Waals surface area (Å²) in [5, 5.41) is 8.16. The summed E-state index contributed by atoms with van der Waals surface area (Å²) in [6, 6.07) is 5.79. The summed E-state index contributed by atoms with van der Waals surface area (Å²) in [6.45, 7) is 3.68. The summed E-state index contributed by atoms with van der Waals surface area (Å²) >= 11 is 0. The molecule has 3 rings (SSSR count). The number of carbonyl (C=O) groups excluding carboxylic acids is 1. The maximum Gasteiger partial charge on any atom is 0.220 e. The van der Waals surface area contributed by atoms with Crippen LogP contribution in [-0.4, -0.2) is 43.9 Å². The molecule has 2 aromatic heterocycles. The second kappa shape index (κ2) is 5.84. The zero-order chi connectivity index (χ0) is 15.6. The fourth-order valence-corrected chi connectivity index (χ4v) is 3.36. The molecule has 3 heterocycles. The second-order valence-corrected chi connectivity index (χ2v) is 5.55. The molecule has 1 saturated heterocycles. The van der Waals surface area contributed by atoms with E-state index < -0.39 is 5.66 Å². The zero-order valence-corrected chi connectivity index (χ0v) is 12.6. The first-order valence-electron chi connectivity index (χ1n) is 7.51. The van der Waals surface area contributed by atoms with E-state index >= 15 is 0 Å². The standard InChI is InChI=1S/C15H20N6O/c1-2-20-9-6-12(14(16)22)11-15(20,21-10-8-18-19-21)13-5-3-4-7-17-13/h3-5,7-8,10,12H,2,6,9,11H2,1H3,(H2,16,22). The minimum atomic E-state index is -0.621. The summed E-state index contributed by atoms with van der Waals surface area (Å²) in [5.74, 6) is -0.467. The number of likely N-dealkylation sites (tertiary alicyclic amines) is 1. The van der Waals surface area contributed by atoms with E-state index in [1.165, 1.54) is 0 Å². The lowest BCUT2D eigenvalue weighted by Gasteiger charge is -2.48. The third kappa shape index (κ3) is 2.27. The van der Waals surface area contributed by atoms with E-state index in [-0.39, 0.29) is 11.8 Å². The first-order chi connectivity index (χ1) is 10.7. The average Bonchev–Trinajstić information content (AvgIpc) is 3.09. The topological polar surface area (TPSA) is 89.9 Å². The first kappa shape index (κ1) is 14.6. The molecule has 116 valence electrons. The molecule has 2 atom stereocenters. The number of aromatic nitrogens is 4. The van der Waals surface area contributed by atoms with Gasteiger partial charge < -0.3 is 5.73 Å². The number of nitrogens with zero attached hydrogens (tertiary/aromatic N) is 5. The lowest BCUT2D eigenvalue weighted by atomic mass is 9.83. The number of pyridine rings is 1. The van der Waals surface area contributed by atoms with Gasteiger partial charge >= 0.3 is 0 Å². The Balaban J connectivity index is 2.16. The van der Waals surface area contributed by atoms with Crippen LogP contribution in [0.4, 0.5) is 0 Å². The van der Waals surface area contributed by atoms with Crippen LogP contribution in [0.2, 0.25) is 0 Å². The van der Waals surface area contributed by atoms with Crippen LogP contribution in [0.25, 0.3) is 0 Å². The molecule has 0 aliphatic carbocycles. The van der Waals surface area contributed by atoms with E-state index in [9.17, 15) is 4.79 Å². The van der Waals surface area contributed by atoms with Crippen molar-refractivity contribution in [2.24, 2.45) is 11.7 Å². The minimum Gasteiger partial charge on any atom is -0.369 e. The Morgan fingerprint density at radius 3 is 2.91 bits per heavy atom. The number of piperidine rings is 1. The van der Waals surface area contributed by atoms with Gasteiger partial charge in [-0.25, -0.2) is 4.68 Å². The molecule has 2 N–H and O–H groups in total. The maximum absolute atomic E-state index is 11.8. The van der Waals surface area contributed by atoms with Gasteiger partial charge in [0.05, 0.1) is 11.9 Å². The molecule has 7 nitrogen and oxygen atoms in total. The van der Waals surface area contributed by atoms with Gasteiger partial charge in [-0.2, -0.15) is 0 Å². The van der Waals surface area contributed by atoms with Gasteiger partial charge in [0.15, 0.2) is 5.66 Å². The highest BCUT2D eigenvalue weighted by Crippen LogP contribution is 2.39. The van der Waals surface area contributed by atoms with Crippen LogP contribution in [0, 0.1) is 5.92 Å². The normalized spacial score (nSPS) is 26.0. The van der Waals surface area contributed by atoms with Crippen LogP contribution in [0.1, 0.15) is 25.5 Å². The molecule has 0 bridgehead atoms. The monoisotopic (exact) mass is 300 g/mol. The van der Waals surface area contributed by atoms with E-state index in [4.69, 9.17) is 5.73 Å². The second-order valence-electron chi connectivity index (χ2n) is 5.55. The van der Waals surface area contributed by atoms with E-state index in [0.29, 0.717) is 6.42 Å². The molecule has 1 aliphatic rings. The van der Waals surface area contributed by atoms with Crippen molar-refractivity contribution in [3.05, 3.63) is 42.5 Å². The van der Waals surface area contributed by atoms with Crippen molar-refractivity contribution in [2.45, 2.75) is 25.4 Å². The summed E-state index contributed by atoms with van der Waals surface area (Å²) in [4.78, 5) is 18.6. The lowest BCUT2D eigenvalue weighted by molar-refractivity contribution is -0.127. The fraction of sp³-hybridized carbons (Fsp3) is 0.467. The highest BCUT2D eigenvalue weighted by molar-refractivity contribution is 5.77. The third-order valence-electron chi connectivity index (χ3n) is 4.46. The van der Waals surface area contributed by atoms with Crippen LogP contribution in [-0.2, 0) is 10.5 Å². The molecule has 0 saturated carbocycles. The number of amides is 1. The van der Waals surface area contributed by atoms with Crippen molar-refractivity contribution >= 4 is 5.91 Å². The van der Waals surface area contributed by atoms with E-state index in [1.54, 1.807) is 17.1 Å². The molecule has 0 spiro atoms. The first-order valence-corrected chi connectivity index (χ1v) is 7.51. The van der Waals surface area contributed by atoms with Gasteiger partial charge in [-0.15, -0.1) is 5.10 Å². The van der Waals surface area contributed by atoms with Crippen molar-refractivity contribution < 1.29 is 4.79 Å².